The molecule has 0 aliphatic carbocycles. The van der Waals surface area contributed by atoms with Gasteiger partial charge < -0.3 is 20.7 Å². The number of fused-ring (bicyclic) bond motifs is 2. The molecule has 1 spiro atoms. The molecule has 5 rings (SSSR count). The first-order valence-electron chi connectivity index (χ1n) is 11.2. The van der Waals surface area contributed by atoms with Crippen LogP contribution >= 0.6 is 0 Å². The average molecular weight is 451 g/mol. The Morgan fingerprint density at radius 1 is 1.24 bits per heavy atom. The number of nitrogen functional groups attached to an aromatic ring is 1. The number of nitrogens with one attached hydrogen (secondary N) is 1. The van der Waals surface area contributed by atoms with E-state index >= 15 is 0 Å². The van der Waals surface area contributed by atoms with Gasteiger partial charge in [-0.25, -0.2) is 14.2 Å². The number of carbonyl (C=O) groups excluding carboxylic acids is 1. The predicted octanol–water partition coefficient (Wildman–Crippen LogP) is 3.32. The lowest BCUT2D eigenvalue weighted by Gasteiger charge is -2.23. The summed E-state index contributed by atoms with van der Waals surface area (Å²) in [6.45, 7) is 5.09. The molecule has 1 aromatic carbocycles. The van der Waals surface area contributed by atoms with Crippen molar-refractivity contribution in [2.75, 3.05) is 25.4 Å². The summed E-state index contributed by atoms with van der Waals surface area (Å²) < 4.78 is 21.0. The molecular weight excluding hydrogens is 423 g/mol. The fourth-order valence-corrected chi connectivity index (χ4v) is 4.78. The molecule has 2 aliphatic heterocycles. The van der Waals surface area contributed by atoms with E-state index in [1.807, 2.05) is 22.6 Å². The summed E-state index contributed by atoms with van der Waals surface area (Å²) in [5.41, 5.74) is 9.59. The van der Waals surface area contributed by atoms with Crippen LogP contribution in [0.15, 0.2) is 42.6 Å². The highest BCUT2D eigenvalue weighted by Crippen LogP contribution is 2.44. The monoisotopic (exact) mass is 450 g/mol. The zero-order valence-electron chi connectivity index (χ0n) is 18.6. The summed E-state index contributed by atoms with van der Waals surface area (Å²) in [6.07, 6.45) is 3.61. The van der Waals surface area contributed by atoms with Crippen molar-refractivity contribution in [3.63, 3.8) is 0 Å². The topological polar surface area (TPSA) is 98.3 Å². The van der Waals surface area contributed by atoms with E-state index in [2.05, 4.69) is 16.4 Å². The molecule has 33 heavy (non-hydrogen) atoms. The zero-order valence-corrected chi connectivity index (χ0v) is 18.6. The van der Waals surface area contributed by atoms with Gasteiger partial charge in [-0.3, -0.25) is 4.68 Å². The first-order valence-corrected chi connectivity index (χ1v) is 11.2. The average Bonchev–Trinajstić information content (AvgIpc) is 3.51. The van der Waals surface area contributed by atoms with Gasteiger partial charge in [-0.2, -0.15) is 5.10 Å². The van der Waals surface area contributed by atoms with Crippen LogP contribution in [-0.4, -0.2) is 45.3 Å². The minimum absolute atomic E-state index is 0.00163. The van der Waals surface area contributed by atoms with Crippen molar-refractivity contribution in [2.45, 2.75) is 38.3 Å². The largest absolute Gasteiger partial charge is 0.485 e. The highest BCUT2D eigenvalue weighted by Gasteiger charge is 2.46. The number of pyridine rings is 1. The van der Waals surface area contributed by atoms with Gasteiger partial charge in [0.2, 0.25) is 0 Å². The van der Waals surface area contributed by atoms with E-state index in [-0.39, 0.29) is 29.7 Å². The molecule has 0 unspecified atom stereocenters. The third kappa shape index (κ3) is 3.99. The van der Waals surface area contributed by atoms with Crippen molar-refractivity contribution >= 4 is 11.8 Å². The Balaban J connectivity index is 1.35. The fourth-order valence-electron chi connectivity index (χ4n) is 4.78. The maximum absolute atomic E-state index is 13.1. The normalized spacial score (nSPS) is 19.2. The highest BCUT2D eigenvalue weighted by atomic mass is 19.1. The number of carbonyl (C=O) groups is 1. The molecular formula is C24H27FN6O2. The number of hydrogen-bond donors (Lipinski definition) is 2. The van der Waals surface area contributed by atoms with Crippen LogP contribution in [0.3, 0.4) is 0 Å². The number of nitrogens with two attached hydrogens (primary N) is 1. The van der Waals surface area contributed by atoms with Gasteiger partial charge >= 0.3 is 6.03 Å². The van der Waals surface area contributed by atoms with Crippen LogP contribution in [0.2, 0.25) is 0 Å². The van der Waals surface area contributed by atoms with Gasteiger partial charge in [-0.15, -0.1) is 0 Å². The van der Waals surface area contributed by atoms with Crippen LogP contribution < -0.4 is 15.8 Å². The number of urea groups is 1. The van der Waals surface area contributed by atoms with Crippen molar-refractivity contribution in [3.05, 3.63) is 59.7 Å². The number of nitrogens with zero attached hydrogens (tertiary/aromatic N) is 4. The first kappa shape index (κ1) is 21.2. The van der Waals surface area contributed by atoms with Gasteiger partial charge in [0.15, 0.2) is 11.6 Å². The smallest absolute Gasteiger partial charge is 0.317 e. The molecule has 0 radical (unpaired) electrons. The van der Waals surface area contributed by atoms with Gasteiger partial charge in [0.05, 0.1) is 5.69 Å². The van der Waals surface area contributed by atoms with Gasteiger partial charge in [0.25, 0.3) is 0 Å². The number of ether oxygens (including phenoxy) is 1. The molecule has 3 N–H and O–H groups in total. The Hall–Kier alpha value is -3.62. The zero-order chi connectivity index (χ0) is 23.0. The molecule has 0 bridgehead atoms. The van der Waals surface area contributed by atoms with E-state index in [1.54, 1.807) is 18.3 Å². The molecule has 2 aromatic heterocycles. The second-order valence-electron chi connectivity index (χ2n) is 8.70. The summed E-state index contributed by atoms with van der Waals surface area (Å²) in [6, 6.07) is 10.1. The first-order chi connectivity index (χ1) is 16.0. The molecule has 1 fully saturated rings. The molecule has 8 nitrogen and oxygen atoms in total. The van der Waals surface area contributed by atoms with Crippen LogP contribution in [0.4, 0.5) is 15.0 Å². The Morgan fingerprint density at radius 3 is 2.82 bits per heavy atom. The quantitative estimate of drug-likeness (QED) is 0.621. The molecule has 2 aliphatic rings. The molecule has 0 saturated carbocycles. The summed E-state index contributed by atoms with van der Waals surface area (Å²) in [5.74, 6) is 0.462. The van der Waals surface area contributed by atoms with Crippen molar-refractivity contribution in [1.82, 2.24) is 25.0 Å². The van der Waals surface area contributed by atoms with E-state index in [0.717, 1.165) is 48.4 Å². The number of amides is 2. The van der Waals surface area contributed by atoms with Gasteiger partial charge in [-0.1, -0.05) is 12.1 Å². The number of likely N-dealkylation sites (tertiary alicyclic amines) is 1. The minimum Gasteiger partial charge on any atom is -0.485 e. The number of aromatic nitrogens is 3. The molecule has 1 atom stereocenters. The van der Waals surface area contributed by atoms with Gasteiger partial charge in [0.1, 0.15) is 12.4 Å². The summed E-state index contributed by atoms with van der Waals surface area (Å²) >= 11 is 0. The summed E-state index contributed by atoms with van der Waals surface area (Å²) in [5, 5.41) is 7.70. The van der Waals surface area contributed by atoms with E-state index in [1.165, 1.54) is 12.1 Å². The molecule has 172 valence electrons. The lowest BCUT2D eigenvalue weighted by atomic mass is 9.82. The van der Waals surface area contributed by atoms with Crippen molar-refractivity contribution in [2.24, 2.45) is 0 Å². The van der Waals surface area contributed by atoms with E-state index < -0.39 is 0 Å². The number of benzene rings is 1. The standard InChI is InChI=1S/C24H27FN6O2/c1-2-27-23(32)30-9-7-24(15-30)8-10-31-21(24)12-19(29-31)17-11-20(22(26)28-13-17)33-14-16-3-5-18(25)6-4-16/h3-6,11-13H,2,7-10,14-15H2,1H3,(H2,26,28)(H,27,32)/t24-/m1/s1. The van der Waals surface area contributed by atoms with Crippen LogP contribution in [0.1, 0.15) is 31.0 Å². The van der Waals surface area contributed by atoms with E-state index in [9.17, 15) is 9.18 Å². The van der Waals surface area contributed by atoms with Crippen LogP contribution in [0, 0.1) is 5.82 Å². The predicted molar refractivity (Wildman–Crippen MR) is 122 cm³/mol. The molecule has 9 heteroatoms. The molecule has 4 heterocycles. The number of aryl methyl sites for hydroxylation is 1. The SMILES string of the molecule is CCNC(=O)N1CC[C@@]2(CCn3nc(-c4cnc(N)c(OCc5ccc(F)cc5)c4)cc32)C1. The second-order valence-corrected chi connectivity index (χ2v) is 8.70. The number of rotatable bonds is 5. The minimum atomic E-state index is -0.288. The Labute approximate surface area is 191 Å². The van der Waals surface area contributed by atoms with Crippen molar-refractivity contribution < 1.29 is 13.9 Å². The third-order valence-electron chi connectivity index (χ3n) is 6.58. The molecule has 3 aromatic rings. The van der Waals surface area contributed by atoms with Gasteiger partial charge in [0, 0.05) is 49.0 Å². The number of hydrogen-bond acceptors (Lipinski definition) is 5. The lowest BCUT2D eigenvalue weighted by Crippen LogP contribution is -2.40. The van der Waals surface area contributed by atoms with Crippen molar-refractivity contribution in [1.29, 1.82) is 0 Å². The highest BCUT2D eigenvalue weighted by molar-refractivity contribution is 5.75. The Bertz CT molecular complexity index is 1180. The maximum atomic E-state index is 13.1. The fraction of sp³-hybridized carbons (Fsp3) is 0.375. The summed E-state index contributed by atoms with van der Waals surface area (Å²) in [7, 11) is 0. The van der Waals surface area contributed by atoms with Crippen LogP contribution in [0.25, 0.3) is 11.3 Å². The van der Waals surface area contributed by atoms with Crippen LogP contribution in [0.5, 0.6) is 5.75 Å². The number of halogens is 1. The third-order valence-corrected chi connectivity index (χ3v) is 6.58. The Morgan fingerprint density at radius 2 is 2.03 bits per heavy atom. The molecule has 2 amide bonds. The van der Waals surface area contributed by atoms with Crippen LogP contribution in [-0.2, 0) is 18.6 Å². The maximum Gasteiger partial charge on any atom is 0.317 e. The van der Waals surface area contributed by atoms with Crippen molar-refractivity contribution in [3.8, 4) is 17.0 Å². The molecule has 1 saturated heterocycles. The second kappa shape index (κ2) is 8.38. The van der Waals surface area contributed by atoms with Gasteiger partial charge in [-0.05, 0) is 49.6 Å². The van der Waals surface area contributed by atoms with E-state index in [0.29, 0.717) is 18.8 Å². The van der Waals surface area contributed by atoms with E-state index in [4.69, 9.17) is 15.6 Å². The lowest BCUT2D eigenvalue weighted by molar-refractivity contribution is 0.206. The summed E-state index contributed by atoms with van der Waals surface area (Å²) in [4.78, 5) is 18.5. The Kier molecular flexibility index (Phi) is 5.39. The number of anilines is 1.